The van der Waals surface area contributed by atoms with E-state index in [2.05, 4.69) is 36.1 Å². The molecule has 45 heavy (non-hydrogen) atoms. The van der Waals surface area contributed by atoms with Crippen LogP contribution in [0.5, 0.6) is 23.0 Å². The lowest BCUT2D eigenvalue weighted by Gasteiger charge is -2.29. The van der Waals surface area contributed by atoms with Crippen LogP contribution >= 0.6 is 7.82 Å². The lowest BCUT2D eigenvalue weighted by atomic mass is 10.00. The van der Waals surface area contributed by atoms with E-state index in [1.165, 1.54) is 76.9 Å². The molecule has 2 aromatic rings. The van der Waals surface area contributed by atoms with Crippen molar-refractivity contribution in [1.82, 2.24) is 4.90 Å². The normalized spacial score (nSPS) is 15.1. The number of fused-ring (bicyclic) bond motifs is 1. The molecule has 8 heteroatoms. The summed E-state index contributed by atoms with van der Waals surface area (Å²) in [6.45, 7) is 3.39. The number of para-hydroxylation sites is 1. The Morgan fingerprint density at radius 2 is 1.51 bits per heavy atom. The first-order valence-corrected chi connectivity index (χ1v) is 18.1. The maximum atomic E-state index is 13.1. The Morgan fingerprint density at radius 1 is 0.822 bits per heavy atom. The number of unbranched alkanes of at least 4 members (excludes halogenated alkanes) is 11. The Hall–Kier alpha value is -3.41. The fourth-order valence-corrected chi connectivity index (χ4v) is 6.47. The lowest BCUT2D eigenvalue weighted by molar-refractivity contribution is 0.267. The Bertz CT molecular complexity index is 1380. The number of hydrogen-bond acceptors (Lipinski definition) is 6. The summed E-state index contributed by atoms with van der Waals surface area (Å²) >= 11 is 0. The number of allylic oxidation sites excluding steroid dienone is 6. The highest BCUT2D eigenvalue weighted by Gasteiger charge is 2.28. The minimum atomic E-state index is -4.54. The molecule has 2 aliphatic rings. The SMILES string of the molecule is CCCCCCCCCCCCCCOc1cccc(OP(=O)(O)Oc2cccc(CN3C=CC=C4CC=CC=C43)c2)c1OC. The van der Waals surface area contributed by atoms with Crippen molar-refractivity contribution < 1.29 is 28.0 Å². The minimum absolute atomic E-state index is 0.0849. The third-order valence-corrected chi connectivity index (χ3v) is 8.89. The van der Waals surface area contributed by atoms with Gasteiger partial charge in [0.1, 0.15) is 5.75 Å². The molecular formula is C37H50NO6P. The number of nitrogens with zero attached hydrogens (tertiary/aromatic N) is 1. The van der Waals surface area contributed by atoms with Gasteiger partial charge in [-0.1, -0.05) is 114 Å². The third-order valence-electron chi connectivity index (χ3n) is 8.02. The molecule has 0 aromatic heterocycles. The number of phosphoric ester groups is 1. The van der Waals surface area contributed by atoms with E-state index in [9.17, 15) is 9.46 Å². The summed E-state index contributed by atoms with van der Waals surface area (Å²) in [6.07, 6.45) is 28.7. The van der Waals surface area contributed by atoms with Crippen molar-refractivity contribution in [3.8, 4) is 23.0 Å². The molecule has 2 aromatic carbocycles. The number of benzene rings is 2. The van der Waals surface area contributed by atoms with Gasteiger partial charge in [-0.05, 0) is 60.4 Å². The molecule has 0 fully saturated rings. The lowest BCUT2D eigenvalue weighted by Crippen LogP contribution is -2.20. The van der Waals surface area contributed by atoms with Crippen LogP contribution < -0.4 is 18.5 Å². The maximum Gasteiger partial charge on any atom is 0.585 e. The number of hydrogen-bond donors (Lipinski definition) is 1. The van der Waals surface area contributed by atoms with E-state index in [4.69, 9.17) is 18.5 Å². The number of methoxy groups -OCH3 is 1. The van der Waals surface area contributed by atoms with Gasteiger partial charge in [0.2, 0.25) is 5.75 Å². The predicted octanol–water partition coefficient (Wildman–Crippen LogP) is 10.4. The van der Waals surface area contributed by atoms with Crippen LogP contribution in [-0.4, -0.2) is 23.5 Å². The van der Waals surface area contributed by atoms with Crippen LogP contribution in [0.25, 0.3) is 0 Å². The quantitative estimate of drug-likeness (QED) is 0.108. The highest BCUT2D eigenvalue weighted by atomic mass is 31.2. The molecule has 1 heterocycles. The fourth-order valence-electron chi connectivity index (χ4n) is 5.66. The van der Waals surface area contributed by atoms with Crippen LogP contribution in [0.1, 0.15) is 96.0 Å². The molecule has 0 spiro atoms. The molecule has 0 bridgehead atoms. The largest absolute Gasteiger partial charge is 0.585 e. The fraction of sp³-hybridized carbons (Fsp3) is 0.459. The Labute approximate surface area is 269 Å². The van der Waals surface area contributed by atoms with Crippen LogP contribution in [0, 0.1) is 0 Å². The van der Waals surface area contributed by atoms with E-state index in [1.807, 2.05) is 18.3 Å². The monoisotopic (exact) mass is 635 g/mol. The molecule has 0 saturated heterocycles. The summed E-state index contributed by atoms with van der Waals surface area (Å²) in [5, 5.41) is 0. The van der Waals surface area contributed by atoms with Crippen molar-refractivity contribution in [2.75, 3.05) is 13.7 Å². The van der Waals surface area contributed by atoms with Crippen molar-refractivity contribution in [2.24, 2.45) is 0 Å². The number of rotatable bonds is 21. The van der Waals surface area contributed by atoms with E-state index in [1.54, 1.807) is 36.4 Å². The second kappa shape index (κ2) is 18.5. The van der Waals surface area contributed by atoms with Crippen LogP contribution in [0.4, 0.5) is 0 Å². The first-order chi connectivity index (χ1) is 22.0. The summed E-state index contributed by atoms with van der Waals surface area (Å²) in [5.74, 6) is 1.06. The van der Waals surface area contributed by atoms with Gasteiger partial charge >= 0.3 is 7.82 Å². The number of ether oxygens (including phenoxy) is 2. The average Bonchev–Trinajstić information content (AvgIpc) is 3.03. The molecule has 1 aliphatic carbocycles. The van der Waals surface area contributed by atoms with Crippen molar-refractivity contribution in [1.29, 1.82) is 0 Å². The van der Waals surface area contributed by atoms with Crippen molar-refractivity contribution in [2.45, 2.75) is 96.9 Å². The third kappa shape index (κ3) is 11.5. The van der Waals surface area contributed by atoms with Gasteiger partial charge in [0, 0.05) is 18.4 Å². The minimum Gasteiger partial charge on any atom is -0.490 e. The molecule has 7 nitrogen and oxygen atoms in total. The van der Waals surface area contributed by atoms with Crippen LogP contribution in [0.15, 0.2) is 90.3 Å². The van der Waals surface area contributed by atoms with Gasteiger partial charge in [0.25, 0.3) is 0 Å². The molecule has 1 unspecified atom stereocenters. The second-order valence-corrected chi connectivity index (χ2v) is 13.0. The van der Waals surface area contributed by atoms with Gasteiger partial charge < -0.3 is 23.4 Å². The summed E-state index contributed by atoms with van der Waals surface area (Å²) in [5.41, 5.74) is 3.34. The number of phosphoric acid groups is 1. The Kier molecular flexibility index (Phi) is 14.2. The molecular weight excluding hydrogens is 585 g/mol. The summed E-state index contributed by atoms with van der Waals surface area (Å²) in [6, 6.07) is 12.2. The van der Waals surface area contributed by atoms with Crippen molar-refractivity contribution in [3.63, 3.8) is 0 Å². The topological polar surface area (TPSA) is 77.5 Å². The smallest absolute Gasteiger partial charge is 0.490 e. The van der Waals surface area contributed by atoms with Gasteiger partial charge in [0.05, 0.1) is 13.7 Å². The van der Waals surface area contributed by atoms with Gasteiger partial charge in [-0.25, -0.2) is 4.57 Å². The van der Waals surface area contributed by atoms with E-state index >= 15 is 0 Å². The van der Waals surface area contributed by atoms with Crippen LogP contribution in [-0.2, 0) is 11.1 Å². The van der Waals surface area contributed by atoms with E-state index < -0.39 is 7.82 Å². The summed E-state index contributed by atoms with van der Waals surface area (Å²) < 4.78 is 35.5. The molecule has 1 atom stereocenters. The Balaban J connectivity index is 1.22. The molecule has 244 valence electrons. The molecule has 0 amide bonds. The highest BCUT2D eigenvalue weighted by Crippen LogP contribution is 2.49. The first kappa shape index (κ1) is 34.5. The second-order valence-electron chi connectivity index (χ2n) is 11.7. The van der Waals surface area contributed by atoms with Crippen molar-refractivity contribution >= 4 is 7.82 Å². The maximum absolute atomic E-state index is 13.1. The van der Waals surface area contributed by atoms with Crippen molar-refractivity contribution in [3.05, 3.63) is 95.9 Å². The zero-order chi connectivity index (χ0) is 31.7. The average molecular weight is 636 g/mol. The molecule has 1 aliphatic heterocycles. The van der Waals surface area contributed by atoms with E-state index in [0.717, 1.165) is 30.5 Å². The standard InChI is InChI=1S/C37H50NO6P/c1-3-4-5-6-7-8-9-10-11-12-13-16-28-42-35-25-18-26-36(37(35)41-2)44-45(39,40)43-33-23-17-20-31(29-33)30-38-27-19-22-32-21-14-15-24-34(32)38/h14-15,17-20,22-27,29H,3-13,16,21,28,30H2,1-2H3,(H,39,40). The molecule has 4 rings (SSSR count). The van der Waals surface area contributed by atoms with E-state index in [-0.39, 0.29) is 17.2 Å². The van der Waals surface area contributed by atoms with Crippen LogP contribution in [0.2, 0.25) is 0 Å². The molecule has 0 radical (unpaired) electrons. The van der Waals surface area contributed by atoms with Crippen LogP contribution in [0.3, 0.4) is 0 Å². The van der Waals surface area contributed by atoms with Gasteiger partial charge in [-0.3, -0.25) is 4.89 Å². The zero-order valence-electron chi connectivity index (χ0n) is 27.0. The summed E-state index contributed by atoms with van der Waals surface area (Å²) in [7, 11) is -3.05. The zero-order valence-corrected chi connectivity index (χ0v) is 27.9. The molecule has 0 saturated carbocycles. The van der Waals surface area contributed by atoms with Gasteiger partial charge in [0.15, 0.2) is 11.5 Å². The summed E-state index contributed by atoms with van der Waals surface area (Å²) in [4.78, 5) is 12.8. The Morgan fingerprint density at radius 3 is 2.24 bits per heavy atom. The van der Waals surface area contributed by atoms with E-state index in [0.29, 0.717) is 18.9 Å². The van der Waals surface area contributed by atoms with Gasteiger partial charge in [-0.2, -0.15) is 0 Å². The first-order valence-electron chi connectivity index (χ1n) is 16.6. The van der Waals surface area contributed by atoms with Gasteiger partial charge in [-0.15, -0.1) is 0 Å². The predicted molar refractivity (Wildman–Crippen MR) is 182 cm³/mol. The molecule has 1 N–H and O–H groups in total. The highest BCUT2D eigenvalue weighted by molar-refractivity contribution is 7.48.